The van der Waals surface area contributed by atoms with Crippen molar-refractivity contribution < 1.29 is 13.9 Å². The Morgan fingerprint density at radius 2 is 2.19 bits per heavy atom. The number of hydrogen-bond acceptors (Lipinski definition) is 6. The van der Waals surface area contributed by atoms with Gasteiger partial charge in [-0.1, -0.05) is 0 Å². The van der Waals surface area contributed by atoms with Gasteiger partial charge in [-0.2, -0.15) is 0 Å². The first-order chi connectivity index (χ1) is 10.2. The average Bonchev–Trinajstić information content (AvgIpc) is 2.90. The summed E-state index contributed by atoms with van der Waals surface area (Å²) in [5.41, 5.74) is 8.49. The first-order valence-electron chi connectivity index (χ1n) is 6.47. The van der Waals surface area contributed by atoms with Crippen molar-refractivity contribution in [1.29, 1.82) is 0 Å². The van der Waals surface area contributed by atoms with Gasteiger partial charge >= 0.3 is 5.97 Å². The number of rotatable bonds is 3. The lowest BCUT2D eigenvalue weighted by Crippen LogP contribution is -2.06. The van der Waals surface area contributed by atoms with Crippen LogP contribution in [0, 0.1) is 0 Å². The molecule has 0 spiro atoms. The molecule has 0 saturated heterocycles. The highest BCUT2D eigenvalue weighted by atomic mass is 16.5. The first kappa shape index (κ1) is 13.1. The molecule has 0 saturated carbocycles. The Kier molecular flexibility index (Phi) is 3.27. The van der Waals surface area contributed by atoms with Crippen LogP contribution in [-0.2, 0) is 4.74 Å². The molecule has 0 amide bonds. The molecule has 1 aromatic carbocycles. The molecule has 3 aromatic rings. The third-order valence-electron chi connectivity index (χ3n) is 2.90. The van der Waals surface area contributed by atoms with Gasteiger partial charge in [0.15, 0.2) is 5.58 Å². The molecular weight excluding hydrogens is 270 g/mol. The zero-order valence-electron chi connectivity index (χ0n) is 11.4. The zero-order chi connectivity index (χ0) is 14.8. The third-order valence-corrected chi connectivity index (χ3v) is 2.90. The molecule has 0 fully saturated rings. The maximum absolute atomic E-state index is 11.7. The molecule has 0 aliphatic rings. The fourth-order valence-corrected chi connectivity index (χ4v) is 1.94. The number of carbonyl (C=O) groups excluding carboxylic acids is 1. The molecule has 21 heavy (non-hydrogen) atoms. The minimum absolute atomic E-state index is 0.219. The monoisotopic (exact) mass is 283 g/mol. The molecule has 2 aromatic heterocycles. The highest BCUT2D eigenvalue weighted by molar-refractivity contribution is 5.88. The minimum atomic E-state index is -0.472. The van der Waals surface area contributed by atoms with Gasteiger partial charge in [0.05, 0.1) is 6.61 Å². The standard InChI is InChI=1S/C15H13N3O3/c1-2-20-15(19)12-7-9(5-6-17-12)14-18-11-4-3-10(16)8-13(11)21-14/h3-8H,2,16H2,1H3. The van der Waals surface area contributed by atoms with E-state index in [4.69, 9.17) is 14.9 Å². The number of nitrogen functional groups attached to an aromatic ring is 1. The number of benzene rings is 1. The summed E-state index contributed by atoms with van der Waals surface area (Å²) in [7, 11) is 0. The van der Waals surface area contributed by atoms with Crippen LogP contribution in [0.15, 0.2) is 40.9 Å². The first-order valence-corrected chi connectivity index (χ1v) is 6.47. The number of ether oxygens (including phenoxy) is 1. The Hall–Kier alpha value is -2.89. The van der Waals surface area contributed by atoms with Gasteiger partial charge in [0.25, 0.3) is 0 Å². The van der Waals surface area contributed by atoms with Gasteiger partial charge in [-0.15, -0.1) is 0 Å². The second kappa shape index (κ2) is 5.24. The number of nitrogens with zero attached hydrogens (tertiary/aromatic N) is 2. The molecule has 0 unspecified atom stereocenters. The van der Waals surface area contributed by atoms with Crippen LogP contribution in [0.2, 0.25) is 0 Å². The summed E-state index contributed by atoms with van der Waals surface area (Å²) < 4.78 is 10.6. The smallest absolute Gasteiger partial charge is 0.356 e. The number of carbonyl (C=O) groups is 1. The van der Waals surface area contributed by atoms with E-state index < -0.39 is 5.97 Å². The summed E-state index contributed by atoms with van der Waals surface area (Å²) in [6, 6.07) is 8.55. The molecule has 2 heterocycles. The van der Waals surface area contributed by atoms with E-state index in [0.29, 0.717) is 34.8 Å². The van der Waals surface area contributed by atoms with E-state index in [1.54, 1.807) is 37.3 Å². The van der Waals surface area contributed by atoms with Crippen LogP contribution in [0.4, 0.5) is 5.69 Å². The van der Waals surface area contributed by atoms with Gasteiger partial charge in [-0.05, 0) is 31.2 Å². The Morgan fingerprint density at radius 3 is 3.00 bits per heavy atom. The van der Waals surface area contributed by atoms with Crippen LogP contribution in [0.1, 0.15) is 17.4 Å². The predicted molar refractivity (Wildman–Crippen MR) is 77.6 cm³/mol. The van der Waals surface area contributed by atoms with Crippen molar-refractivity contribution in [3.05, 3.63) is 42.2 Å². The quantitative estimate of drug-likeness (QED) is 0.587. The topological polar surface area (TPSA) is 91.2 Å². The van der Waals surface area contributed by atoms with Crippen LogP contribution in [-0.4, -0.2) is 22.5 Å². The molecule has 6 heteroatoms. The van der Waals surface area contributed by atoms with Crippen LogP contribution in [0.25, 0.3) is 22.6 Å². The van der Waals surface area contributed by atoms with Gasteiger partial charge in [-0.25, -0.2) is 14.8 Å². The van der Waals surface area contributed by atoms with Gasteiger partial charge in [0.1, 0.15) is 11.2 Å². The van der Waals surface area contributed by atoms with E-state index in [9.17, 15) is 4.79 Å². The third kappa shape index (κ3) is 2.55. The predicted octanol–water partition coefficient (Wildman–Crippen LogP) is 2.65. The summed E-state index contributed by atoms with van der Waals surface area (Å²) in [6.07, 6.45) is 1.52. The second-order valence-corrected chi connectivity index (χ2v) is 4.40. The van der Waals surface area contributed by atoms with Crippen molar-refractivity contribution in [2.75, 3.05) is 12.3 Å². The Bertz CT molecular complexity index is 811. The molecule has 6 nitrogen and oxygen atoms in total. The van der Waals surface area contributed by atoms with Gasteiger partial charge < -0.3 is 14.9 Å². The molecule has 0 atom stereocenters. The molecule has 0 aliphatic carbocycles. The van der Waals surface area contributed by atoms with E-state index in [1.165, 1.54) is 6.20 Å². The van der Waals surface area contributed by atoms with E-state index in [1.807, 2.05) is 0 Å². The lowest BCUT2D eigenvalue weighted by atomic mass is 10.2. The number of fused-ring (bicyclic) bond motifs is 1. The highest BCUT2D eigenvalue weighted by Crippen LogP contribution is 2.25. The van der Waals surface area contributed by atoms with Crippen LogP contribution < -0.4 is 5.73 Å². The number of nitrogens with two attached hydrogens (primary N) is 1. The summed E-state index contributed by atoms with van der Waals surface area (Å²) in [4.78, 5) is 20.0. The summed E-state index contributed by atoms with van der Waals surface area (Å²) in [5, 5.41) is 0. The van der Waals surface area contributed by atoms with Crippen LogP contribution in [0.5, 0.6) is 0 Å². The van der Waals surface area contributed by atoms with Crippen molar-refractivity contribution in [3.8, 4) is 11.5 Å². The number of aromatic nitrogens is 2. The SMILES string of the molecule is CCOC(=O)c1cc(-c2nc3ccc(N)cc3o2)ccn1. The fourth-order valence-electron chi connectivity index (χ4n) is 1.94. The Balaban J connectivity index is 2.02. The van der Waals surface area contributed by atoms with Crippen molar-refractivity contribution in [1.82, 2.24) is 9.97 Å². The van der Waals surface area contributed by atoms with Crippen molar-refractivity contribution >= 4 is 22.8 Å². The Morgan fingerprint density at radius 1 is 1.33 bits per heavy atom. The minimum Gasteiger partial charge on any atom is -0.461 e. The normalized spacial score (nSPS) is 10.7. The van der Waals surface area contributed by atoms with E-state index in [-0.39, 0.29) is 5.69 Å². The maximum atomic E-state index is 11.7. The fraction of sp³-hybridized carbons (Fsp3) is 0.133. The lowest BCUT2D eigenvalue weighted by Gasteiger charge is -2.01. The number of esters is 1. The number of oxazole rings is 1. The number of anilines is 1. The van der Waals surface area contributed by atoms with Crippen molar-refractivity contribution in [2.45, 2.75) is 6.92 Å². The molecule has 2 N–H and O–H groups in total. The number of pyridine rings is 1. The molecule has 0 radical (unpaired) electrons. The van der Waals surface area contributed by atoms with E-state index in [0.717, 1.165) is 0 Å². The van der Waals surface area contributed by atoms with Gasteiger partial charge in [0, 0.05) is 23.5 Å². The van der Waals surface area contributed by atoms with Crippen molar-refractivity contribution in [2.24, 2.45) is 0 Å². The summed E-state index contributed by atoms with van der Waals surface area (Å²) in [5.74, 6) is -0.0664. The average molecular weight is 283 g/mol. The van der Waals surface area contributed by atoms with Crippen LogP contribution >= 0.6 is 0 Å². The lowest BCUT2D eigenvalue weighted by molar-refractivity contribution is 0.0519. The molecular formula is C15H13N3O3. The van der Waals surface area contributed by atoms with Crippen molar-refractivity contribution in [3.63, 3.8) is 0 Å². The zero-order valence-corrected chi connectivity index (χ0v) is 11.4. The number of hydrogen-bond donors (Lipinski definition) is 1. The molecule has 3 rings (SSSR count). The molecule has 106 valence electrons. The Labute approximate surface area is 120 Å². The van der Waals surface area contributed by atoms with Gasteiger partial charge in [0.2, 0.25) is 5.89 Å². The highest BCUT2D eigenvalue weighted by Gasteiger charge is 2.13. The largest absolute Gasteiger partial charge is 0.461 e. The summed E-state index contributed by atoms with van der Waals surface area (Å²) in [6.45, 7) is 2.04. The van der Waals surface area contributed by atoms with E-state index >= 15 is 0 Å². The van der Waals surface area contributed by atoms with Gasteiger partial charge in [-0.3, -0.25) is 0 Å². The summed E-state index contributed by atoms with van der Waals surface area (Å²) >= 11 is 0. The molecule has 0 aliphatic heterocycles. The second-order valence-electron chi connectivity index (χ2n) is 4.40. The van der Waals surface area contributed by atoms with Crippen LogP contribution in [0.3, 0.4) is 0 Å². The maximum Gasteiger partial charge on any atom is 0.356 e. The molecule has 0 bridgehead atoms. The van der Waals surface area contributed by atoms with E-state index in [2.05, 4.69) is 9.97 Å².